The van der Waals surface area contributed by atoms with E-state index in [1.54, 1.807) is 4.90 Å². The number of hydrogen-bond acceptors (Lipinski definition) is 4. The Morgan fingerprint density at radius 3 is 2.54 bits per heavy atom. The van der Waals surface area contributed by atoms with Gasteiger partial charge in [0.1, 0.15) is 0 Å². The molecule has 0 radical (unpaired) electrons. The van der Waals surface area contributed by atoms with Crippen LogP contribution in [-0.4, -0.2) is 43.7 Å². The lowest BCUT2D eigenvalue weighted by Gasteiger charge is -2.18. The second-order valence-electron chi connectivity index (χ2n) is 6.14. The number of carbonyl (C=O) groups is 1. The van der Waals surface area contributed by atoms with Gasteiger partial charge < -0.3 is 20.1 Å². The highest BCUT2D eigenvalue weighted by Crippen LogP contribution is 2.32. The van der Waals surface area contributed by atoms with E-state index in [1.807, 2.05) is 30.3 Å². The highest BCUT2D eigenvalue weighted by Gasteiger charge is 2.34. The zero-order chi connectivity index (χ0) is 18.7. The fourth-order valence-electron chi connectivity index (χ4n) is 3.23. The molecule has 2 atom stereocenters. The maximum Gasteiger partial charge on any atom is 0.387 e. The van der Waals surface area contributed by atoms with Gasteiger partial charge in [-0.25, -0.2) is 0 Å². The standard InChI is InChI=1S/C19H20F2N2O3/c1-25-16-8-7-13(9-17(16)26-19(20)21)18(24)23-10-14(15(22)11-23)12-5-3-2-4-6-12/h2-9,14-15,19H,10-11,22H2,1H3/t14-,15+/m0/s1. The van der Waals surface area contributed by atoms with Crippen molar-refractivity contribution in [3.8, 4) is 11.5 Å². The number of carbonyl (C=O) groups excluding carboxylic acids is 1. The maximum absolute atomic E-state index is 12.8. The molecule has 0 spiro atoms. The van der Waals surface area contributed by atoms with Crippen molar-refractivity contribution in [2.24, 2.45) is 5.73 Å². The minimum atomic E-state index is -3.00. The number of rotatable bonds is 5. The molecule has 0 aliphatic carbocycles. The van der Waals surface area contributed by atoms with Gasteiger partial charge in [-0.05, 0) is 23.8 Å². The first-order chi connectivity index (χ1) is 12.5. The van der Waals surface area contributed by atoms with E-state index in [0.717, 1.165) is 5.56 Å². The molecule has 2 aromatic carbocycles. The highest BCUT2D eigenvalue weighted by atomic mass is 19.3. The van der Waals surface area contributed by atoms with Gasteiger partial charge in [0, 0.05) is 30.6 Å². The first kappa shape index (κ1) is 18.1. The van der Waals surface area contributed by atoms with Crippen molar-refractivity contribution in [2.45, 2.75) is 18.6 Å². The second kappa shape index (κ2) is 7.70. The summed E-state index contributed by atoms with van der Waals surface area (Å²) in [6.07, 6.45) is 0. The maximum atomic E-state index is 12.8. The Morgan fingerprint density at radius 1 is 1.15 bits per heavy atom. The van der Waals surface area contributed by atoms with Crippen molar-refractivity contribution in [3.63, 3.8) is 0 Å². The van der Waals surface area contributed by atoms with Crippen molar-refractivity contribution in [1.29, 1.82) is 0 Å². The first-order valence-electron chi connectivity index (χ1n) is 8.22. The molecular formula is C19H20F2N2O3. The average Bonchev–Trinajstić information content (AvgIpc) is 3.03. The van der Waals surface area contributed by atoms with Crippen molar-refractivity contribution in [2.75, 3.05) is 20.2 Å². The normalized spacial score (nSPS) is 19.7. The largest absolute Gasteiger partial charge is 0.493 e. The van der Waals surface area contributed by atoms with Crippen molar-refractivity contribution in [3.05, 3.63) is 59.7 Å². The number of methoxy groups -OCH3 is 1. The summed E-state index contributed by atoms with van der Waals surface area (Å²) in [4.78, 5) is 14.4. The van der Waals surface area contributed by atoms with E-state index in [0.29, 0.717) is 13.1 Å². The van der Waals surface area contributed by atoms with Crippen LogP contribution in [0.2, 0.25) is 0 Å². The molecule has 5 nitrogen and oxygen atoms in total. The third kappa shape index (κ3) is 3.77. The van der Waals surface area contributed by atoms with Crippen molar-refractivity contribution < 1.29 is 23.0 Å². The van der Waals surface area contributed by atoms with E-state index >= 15 is 0 Å². The number of likely N-dealkylation sites (tertiary alicyclic amines) is 1. The second-order valence-corrected chi connectivity index (χ2v) is 6.14. The number of ether oxygens (including phenoxy) is 2. The lowest BCUT2D eigenvalue weighted by Crippen LogP contribution is -2.32. The number of amides is 1. The van der Waals surface area contributed by atoms with Gasteiger partial charge >= 0.3 is 6.61 Å². The van der Waals surface area contributed by atoms with Crippen LogP contribution in [0.5, 0.6) is 11.5 Å². The van der Waals surface area contributed by atoms with Gasteiger partial charge in [0.05, 0.1) is 7.11 Å². The van der Waals surface area contributed by atoms with E-state index in [4.69, 9.17) is 10.5 Å². The molecule has 26 heavy (non-hydrogen) atoms. The summed E-state index contributed by atoms with van der Waals surface area (Å²) < 4.78 is 34.6. The van der Waals surface area contributed by atoms with Gasteiger partial charge in [-0.3, -0.25) is 4.79 Å². The third-order valence-corrected chi connectivity index (χ3v) is 4.51. The Kier molecular flexibility index (Phi) is 5.37. The molecule has 3 rings (SSSR count). The van der Waals surface area contributed by atoms with E-state index in [-0.39, 0.29) is 34.9 Å². The lowest BCUT2D eigenvalue weighted by molar-refractivity contribution is -0.0512. The molecule has 1 saturated heterocycles. The minimum Gasteiger partial charge on any atom is -0.493 e. The molecule has 0 bridgehead atoms. The van der Waals surface area contributed by atoms with Gasteiger partial charge in [-0.2, -0.15) is 8.78 Å². The smallest absolute Gasteiger partial charge is 0.387 e. The molecule has 2 aromatic rings. The zero-order valence-corrected chi connectivity index (χ0v) is 14.3. The Bertz CT molecular complexity index is 771. The van der Waals surface area contributed by atoms with Gasteiger partial charge in [0.15, 0.2) is 11.5 Å². The van der Waals surface area contributed by atoms with Crippen LogP contribution in [0.1, 0.15) is 21.8 Å². The monoisotopic (exact) mass is 362 g/mol. The molecule has 1 fully saturated rings. The van der Waals surface area contributed by atoms with Crippen LogP contribution in [-0.2, 0) is 0 Å². The number of alkyl halides is 2. The first-order valence-corrected chi connectivity index (χ1v) is 8.22. The van der Waals surface area contributed by atoms with Crippen molar-refractivity contribution in [1.82, 2.24) is 4.90 Å². The molecule has 0 aromatic heterocycles. The average molecular weight is 362 g/mol. The molecule has 2 N–H and O–H groups in total. The fourth-order valence-corrected chi connectivity index (χ4v) is 3.23. The van der Waals surface area contributed by atoms with Crippen LogP contribution in [0.4, 0.5) is 8.78 Å². The molecule has 0 saturated carbocycles. The van der Waals surface area contributed by atoms with Crippen LogP contribution in [0.15, 0.2) is 48.5 Å². The van der Waals surface area contributed by atoms with E-state index in [2.05, 4.69) is 4.74 Å². The Morgan fingerprint density at radius 2 is 1.88 bits per heavy atom. The molecule has 138 valence electrons. The molecule has 0 unspecified atom stereocenters. The summed E-state index contributed by atoms with van der Waals surface area (Å²) in [6.45, 7) is -2.13. The van der Waals surface area contributed by atoms with Gasteiger partial charge in [0.25, 0.3) is 5.91 Å². The Balaban J connectivity index is 1.79. The fraction of sp³-hybridized carbons (Fsp3) is 0.316. The predicted octanol–water partition coefficient (Wildman–Crippen LogP) is 2.86. The van der Waals surface area contributed by atoms with Crippen LogP contribution in [0.3, 0.4) is 0 Å². The third-order valence-electron chi connectivity index (χ3n) is 4.51. The number of halogens is 2. The molecule has 1 aliphatic heterocycles. The number of hydrogen-bond donors (Lipinski definition) is 1. The summed E-state index contributed by atoms with van der Waals surface area (Å²) >= 11 is 0. The van der Waals surface area contributed by atoms with Crippen molar-refractivity contribution >= 4 is 5.91 Å². The van der Waals surface area contributed by atoms with Crippen LogP contribution in [0, 0.1) is 0 Å². The molecule has 1 aliphatic rings. The van der Waals surface area contributed by atoms with E-state index in [1.165, 1.54) is 25.3 Å². The molecule has 7 heteroatoms. The highest BCUT2D eigenvalue weighted by molar-refractivity contribution is 5.95. The Hall–Kier alpha value is -2.67. The van der Waals surface area contributed by atoms with Gasteiger partial charge in [0.2, 0.25) is 0 Å². The van der Waals surface area contributed by atoms with E-state index < -0.39 is 6.61 Å². The van der Waals surface area contributed by atoms with Crippen LogP contribution in [0.25, 0.3) is 0 Å². The number of benzene rings is 2. The van der Waals surface area contributed by atoms with Gasteiger partial charge in [-0.15, -0.1) is 0 Å². The SMILES string of the molecule is COc1ccc(C(=O)N2C[C@@H](N)[C@H](c3ccccc3)C2)cc1OC(F)F. The molecule has 1 amide bonds. The summed E-state index contributed by atoms with van der Waals surface area (Å²) in [5.41, 5.74) is 7.55. The molecule has 1 heterocycles. The summed E-state index contributed by atoms with van der Waals surface area (Å²) in [6, 6.07) is 13.8. The minimum absolute atomic E-state index is 0.0372. The quantitative estimate of drug-likeness (QED) is 0.888. The summed E-state index contributed by atoms with van der Waals surface area (Å²) in [7, 11) is 1.35. The summed E-state index contributed by atoms with van der Waals surface area (Å²) in [5.74, 6) is -0.269. The summed E-state index contributed by atoms with van der Waals surface area (Å²) in [5, 5.41) is 0. The van der Waals surface area contributed by atoms with Crippen LogP contribution < -0.4 is 15.2 Å². The number of nitrogens with zero attached hydrogens (tertiary/aromatic N) is 1. The molecular weight excluding hydrogens is 342 g/mol. The number of nitrogens with two attached hydrogens (primary N) is 1. The topological polar surface area (TPSA) is 64.8 Å². The predicted molar refractivity (Wildman–Crippen MR) is 92.7 cm³/mol. The van der Waals surface area contributed by atoms with Crippen LogP contribution >= 0.6 is 0 Å². The van der Waals surface area contributed by atoms with E-state index in [9.17, 15) is 13.6 Å². The zero-order valence-electron chi connectivity index (χ0n) is 14.3. The van der Waals surface area contributed by atoms with Gasteiger partial charge in [-0.1, -0.05) is 30.3 Å². The Labute approximate surface area is 150 Å². The lowest BCUT2D eigenvalue weighted by atomic mass is 9.95.